The average molecular weight is 334 g/mol. The van der Waals surface area contributed by atoms with Crippen LogP contribution in [0.3, 0.4) is 0 Å². The van der Waals surface area contributed by atoms with Gasteiger partial charge in [0.05, 0.1) is 5.52 Å². The summed E-state index contributed by atoms with van der Waals surface area (Å²) in [6, 6.07) is 13.0. The second kappa shape index (κ2) is 6.16. The molecule has 8 heteroatoms. The number of carbonyl (C=O) groups excluding carboxylic acids is 1. The van der Waals surface area contributed by atoms with Gasteiger partial charge in [-0.05, 0) is 17.7 Å². The summed E-state index contributed by atoms with van der Waals surface area (Å²) in [5, 5.41) is 10.4. The van der Waals surface area contributed by atoms with Crippen molar-refractivity contribution in [3.05, 3.63) is 70.9 Å². The third-order valence-electron chi connectivity index (χ3n) is 3.90. The Kier molecular flexibility index (Phi) is 3.70. The number of rotatable bonds is 4. The molecule has 0 bridgehead atoms. The lowest BCUT2D eigenvalue weighted by Crippen LogP contribution is -2.33. The van der Waals surface area contributed by atoms with Crippen molar-refractivity contribution in [2.24, 2.45) is 0 Å². The molecule has 25 heavy (non-hydrogen) atoms. The first-order chi connectivity index (χ1) is 12.2. The van der Waals surface area contributed by atoms with Crippen LogP contribution in [0.1, 0.15) is 5.56 Å². The minimum Gasteiger partial charge on any atom is -0.350 e. The Morgan fingerprint density at radius 3 is 2.76 bits per heavy atom. The third-order valence-corrected chi connectivity index (χ3v) is 3.90. The summed E-state index contributed by atoms with van der Waals surface area (Å²) in [5.74, 6) is -0.264. The van der Waals surface area contributed by atoms with Crippen molar-refractivity contribution in [3.63, 3.8) is 0 Å². The quantitative estimate of drug-likeness (QED) is 0.594. The molecule has 1 N–H and O–H groups in total. The van der Waals surface area contributed by atoms with Gasteiger partial charge in [-0.15, -0.1) is 10.2 Å². The molecule has 0 unspecified atom stereocenters. The van der Waals surface area contributed by atoms with Gasteiger partial charge in [-0.1, -0.05) is 30.3 Å². The SMILES string of the molecule is O=C(Cn1c(=O)c2nncn2c2ncccc21)NCc1ccccc1. The first-order valence-corrected chi connectivity index (χ1v) is 7.72. The maximum Gasteiger partial charge on any atom is 0.297 e. The highest BCUT2D eigenvalue weighted by atomic mass is 16.2. The number of hydrogen-bond donors (Lipinski definition) is 1. The van der Waals surface area contributed by atoms with Crippen LogP contribution >= 0.6 is 0 Å². The van der Waals surface area contributed by atoms with Crippen LogP contribution < -0.4 is 10.9 Å². The number of hydrogen-bond acceptors (Lipinski definition) is 5. The van der Waals surface area contributed by atoms with Crippen molar-refractivity contribution in [2.45, 2.75) is 13.1 Å². The molecule has 4 rings (SSSR count). The van der Waals surface area contributed by atoms with E-state index in [0.29, 0.717) is 17.7 Å². The summed E-state index contributed by atoms with van der Waals surface area (Å²) in [5.41, 5.74) is 1.82. The Morgan fingerprint density at radius 2 is 1.92 bits per heavy atom. The van der Waals surface area contributed by atoms with Gasteiger partial charge in [-0.3, -0.25) is 18.6 Å². The molecule has 8 nitrogen and oxygen atoms in total. The van der Waals surface area contributed by atoms with Crippen LogP contribution in [-0.4, -0.2) is 30.1 Å². The van der Waals surface area contributed by atoms with E-state index in [-0.39, 0.29) is 23.7 Å². The van der Waals surface area contributed by atoms with Gasteiger partial charge in [0.15, 0.2) is 5.65 Å². The van der Waals surface area contributed by atoms with Crippen molar-refractivity contribution >= 4 is 22.7 Å². The van der Waals surface area contributed by atoms with Crippen molar-refractivity contribution in [2.75, 3.05) is 0 Å². The van der Waals surface area contributed by atoms with Gasteiger partial charge >= 0.3 is 0 Å². The minimum atomic E-state index is -0.382. The largest absolute Gasteiger partial charge is 0.350 e. The fourth-order valence-electron chi connectivity index (χ4n) is 2.70. The van der Waals surface area contributed by atoms with Gasteiger partial charge in [0, 0.05) is 12.7 Å². The van der Waals surface area contributed by atoms with E-state index in [2.05, 4.69) is 20.5 Å². The molecule has 0 atom stereocenters. The molecular weight excluding hydrogens is 320 g/mol. The van der Waals surface area contributed by atoms with E-state index < -0.39 is 0 Å². The zero-order valence-corrected chi connectivity index (χ0v) is 13.2. The van der Waals surface area contributed by atoms with E-state index in [9.17, 15) is 9.59 Å². The van der Waals surface area contributed by atoms with E-state index >= 15 is 0 Å². The molecular formula is C17H14N6O2. The van der Waals surface area contributed by atoms with Crippen LogP contribution in [0.2, 0.25) is 0 Å². The molecule has 4 aromatic rings. The molecule has 0 radical (unpaired) electrons. The summed E-state index contributed by atoms with van der Waals surface area (Å²) in [6.45, 7) is 0.287. The summed E-state index contributed by atoms with van der Waals surface area (Å²) in [4.78, 5) is 29.2. The smallest absolute Gasteiger partial charge is 0.297 e. The number of benzene rings is 1. The lowest BCUT2D eigenvalue weighted by Gasteiger charge is -2.11. The Balaban J connectivity index is 1.67. The lowest BCUT2D eigenvalue weighted by molar-refractivity contribution is -0.121. The summed E-state index contributed by atoms with van der Waals surface area (Å²) in [7, 11) is 0. The van der Waals surface area contributed by atoms with Gasteiger partial charge in [-0.25, -0.2) is 4.98 Å². The van der Waals surface area contributed by atoms with E-state index in [4.69, 9.17) is 0 Å². The van der Waals surface area contributed by atoms with Gasteiger partial charge < -0.3 is 5.32 Å². The number of aromatic nitrogens is 5. The van der Waals surface area contributed by atoms with Crippen LogP contribution in [0.25, 0.3) is 16.8 Å². The average Bonchev–Trinajstić information content (AvgIpc) is 3.14. The topological polar surface area (TPSA) is 94.2 Å². The predicted octanol–water partition coefficient (Wildman–Crippen LogP) is 0.756. The monoisotopic (exact) mass is 334 g/mol. The Bertz CT molecular complexity index is 1120. The molecule has 3 aromatic heterocycles. The van der Waals surface area contributed by atoms with Crippen molar-refractivity contribution in [1.82, 2.24) is 29.5 Å². The molecule has 0 aliphatic carbocycles. The van der Waals surface area contributed by atoms with Crippen LogP contribution in [0.15, 0.2) is 59.8 Å². The highest BCUT2D eigenvalue weighted by Gasteiger charge is 2.15. The summed E-state index contributed by atoms with van der Waals surface area (Å²) >= 11 is 0. The first kappa shape index (κ1) is 15.0. The van der Waals surface area contributed by atoms with Crippen LogP contribution in [-0.2, 0) is 17.9 Å². The Hall–Kier alpha value is -3.55. The molecule has 0 fully saturated rings. The van der Waals surface area contributed by atoms with E-state index in [1.54, 1.807) is 18.3 Å². The predicted molar refractivity (Wildman–Crippen MR) is 90.8 cm³/mol. The third kappa shape index (κ3) is 2.74. The van der Waals surface area contributed by atoms with Gasteiger partial charge in [0.25, 0.3) is 5.56 Å². The highest BCUT2D eigenvalue weighted by Crippen LogP contribution is 2.10. The van der Waals surface area contributed by atoms with E-state index in [1.807, 2.05) is 30.3 Å². The first-order valence-electron chi connectivity index (χ1n) is 7.72. The maximum atomic E-state index is 12.6. The van der Waals surface area contributed by atoms with E-state index in [1.165, 1.54) is 15.3 Å². The van der Waals surface area contributed by atoms with Crippen molar-refractivity contribution in [1.29, 1.82) is 0 Å². The Morgan fingerprint density at radius 1 is 1.08 bits per heavy atom. The second-order valence-electron chi connectivity index (χ2n) is 5.52. The number of fused-ring (bicyclic) bond motifs is 3. The number of pyridine rings is 1. The van der Waals surface area contributed by atoms with Gasteiger partial charge in [0.1, 0.15) is 12.9 Å². The fraction of sp³-hybridized carbons (Fsp3) is 0.118. The number of nitrogens with zero attached hydrogens (tertiary/aromatic N) is 5. The molecule has 0 aliphatic heterocycles. The van der Waals surface area contributed by atoms with Crippen LogP contribution in [0, 0.1) is 0 Å². The van der Waals surface area contributed by atoms with Crippen molar-refractivity contribution < 1.29 is 4.79 Å². The normalized spacial score (nSPS) is 11.0. The van der Waals surface area contributed by atoms with Crippen LogP contribution in [0.5, 0.6) is 0 Å². The molecule has 0 saturated heterocycles. The zero-order valence-electron chi connectivity index (χ0n) is 13.2. The summed E-state index contributed by atoms with van der Waals surface area (Å²) in [6.07, 6.45) is 3.05. The molecule has 3 heterocycles. The molecule has 0 aliphatic rings. The Labute approximate surface area is 141 Å². The number of carbonyl (C=O) groups is 1. The highest BCUT2D eigenvalue weighted by molar-refractivity contribution is 5.80. The summed E-state index contributed by atoms with van der Waals surface area (Å²) < 4.78 is 2.89. The fourth-order valence-corrected chi connectivity index (χ4v) is 2.70. The second-order valence-corrected chi connectivity index (χ2v) is 5.52. The van der Waals surface area contributed by atoms with Crippen LogP contribution in [0.4, 0.5) is 0 Å². The molecule has 1 aromatic carbocycles. The molecule has 0 saturated carbocycles. The number of nitrogens with one attached hydrogen (secondary N) is 1. The van der Waals surface area contributed by atoms with Gasteiger partial charge in [0.2, 0.25) is 11.6 Å². The lowest BCUT2D eigenvalue weighted by atomic mass is 10.2. The molecule has 124 valence electrons. The van der Waals surface area contributed by atoms with Crippen molar-refractivity contribution in [3.8, 4) is 0 Å². The molecule has 0 spiro atoms. The standard InChI is InChI=1S/C17H14N6O2/c24-14(19-9-12-5-2-1-3-6-12)10-22-13-7-4-8-18-15(13)23-11-20-21-16(23)17(22)25/h1-8,11H,9-10H2,(H,19,24). The minimum absolute atomic E-state index is 0.114. The number of amides is 1. The maximum absolute atomic E-state index is 12.6. The van der Waals surface area contributed by atoms with Gasteiger partial charge in [-0.2, -0.15) is 0 Å². The van der Waals surface area contributed by atoms with E-state index in [0.717, 1.165) is 5.56 Å². The zero-order chi connectivity index (χ0) is 17.2. The molecule has 1 amide bonds.